The Bertz CT molecular complexity index is 195. The molecule has 2 aliphatic rings. The Labute approximate surface area is 79.1 Å². The van der Waals surface area contributed by atoms with Gasteiger partial charge in [-0.3, -0.25) is 4.90 Å². The van der Waals surface area contributed by atoms with Crippen LogP contribution in [0.4, 0.5) is 4.39 Å². The van der Waals surface area contributed by atoms with Crippen molar-refractivity contribution < 1.29 is 9.13 Å². The van der Waals surface area contributed by atoms with Gasteiger partial charge in [0.15, 0.2) is 0 Å². The van der Waals surface area contributed by atoms with Crippen LogP contribution in [0.25, 0.3) is 0 Å². The van der Waals surface area contributed by atoms with Crippen LogP contribution in [0.2, 0.25) is 0 Å². The Morgan fingerprint density at radius 2 is 2.38 bits per heavy atom. The zero-order valence-corrected chi connectivity index (χ0v) is 8.42. The lowest BCUT2D eigenvalue weighted by Gasteiger charge is -2.32. The summed E-state index contributed by atoms with van der Waals surface area (Å²) in [5, 5.41) is 0. The van der Waals surface area contributed by atoms with Gasteiger partial charge in [0.1, 0.15) is 6.17 Å². The molecule has 0 saturated carbocycles. The lowest BCUT2D eigenvalue weighted by molar-refractivity contribution is 0.0526. The first-order valence-electron chi connectivity index (χ1n) is 5.08. The van der Waals surface area contributed by atoms with Crippen LogP contribution in [0.1, 0.15) is 26.2 Å². The van der Waals surface area contributed by atoms with E-state index in [4.69, 9.17) is 4.74 Å². The van der Waals surface area contributed by atoms with Crippen LogP contribution < -0.4 is 0 Å². The highest BCUT2D eigenvalue weighted by atomic mass is 19.1. The standard InChI is InChI=1S/C10H18FNO/c1-8-3-4-10(7-13-2)5-9(11)6-12(8)10/h8-9H,3-7H2,1-2H3/t8-,9+,10+/m0/s1. The molecule has 2 nitrogen and oxygen atoms in total. The molecule has 0 bridgehead atoms. The molecule has 0 aliphatic carbocycles. The van der Waals surface area contributed by atoms with Crippen molar-refractivity contribution in [2.45, 2.75) is 43.9 Å². The summed E-state index contributed by atoms with van der Waals surface area (Å²) in [6, 6.07) is 0.538. The third-order valence-corrected chi connectivity index (χ3v) is 3.58. The summed E-state index contributed by atoms with van der Waals surface area (Å²) in [7, 11) is 1.71. The van der Waals surface area contributed by atoms with Crippen molar-refractivity contribution in [2.24, 2.45) is 0 Å². The van der Waals surface area contributed by atoms with Gasteiger partial charge in [-0.1, -0.05) is 0 Å². The second-order valence-corrected chi connectivity index (χ2v) is 4.50. The van der Waals surface area contributed by atoms with Crippen LogP contribution in [0.3, 0.4) is 0 Å². The van der Waals surface area contributed by atoms with Gasteiger partial charge in [0.2, 0.25) is 0 Å². The number of ether oxygens (including phenoxy) is 1. The average Bonchev–Trinajstić information content (AvgIpc) is 2.51. The number of methoxy groups -OCH3 is 1. The summed E-state index contributed by atoms with van der Waals surface area (Å²) in [6.45, 7) is 3.50. The van der Waals surface area contributed by atoms with Crippen molar-refractivity contribution >= 4 is 0 Å². The first kappa shape index (κ1) is 9.41. The summed E-state index contributed by atoms with van der Waals surface area (Å²) in [4.78, 5) is 2.31. The second kappa shape index (κ2) is 3.21. The molecule has 0 aromatic carbocycles. The SMILES string of the molecule is COC[C@]12CC[C@H](C)N1C[C@H](F)C2. The molecule has 0 unspecified atom stereocenters. The number of hydrogen-bond acceptors (Lipinski definition) is 2. The van der Waals surface area contributed by atoms with Crippen molar-refractivity contribution in [1.29, 1.82) is 0 Å². The molecule has 0 spiro atoms. The van der Waals surface area contributed by atoms with Crippen LogP contribution in [-0.4, -0.2) is 42.9 Å². The van der Waals surface area contributed by atoms with Gasteiger partial charge in [-0.05, 0) is 19.8 Å². The molecular formula is C10H18FNO. The minimum absolute atomic E-state index is 0.0353. The minimum Gasteiger partial charge on any atom is -0.383 e. The van der Waals surface area contributed by atoms with Gasteiger partial charge >= 0.3 is 0 Å². The van der Waals surface area contributed by atoms with E-state index in [1.807, 2.05) is 0 Å². The van der Waals surface area contributed by atoms with E-state index < -0.39 is 6.17 Å². The first-order valence-corrected chi connectivity index (χ1v) is 5.08. The third kappa shape index (κ3) is 1.38. The van der Waals surface area contributed by atoms with Gasteiger partial charge in [-0.15, -0.1) is 0 Å². The average molecular weight is 187 g/mol. The summed E-state index contributed by atoms with van der Waals surface area (Å²) >= 11 is 0. The molecular weight excluding hydrogens is 169 g/mol. The Kier molecular flexibility index (Phi) is 2.32. The Morgan fingerprint density at radius 3 is 3.08 bits per heavy atom. The Balaban J connectivity index is 2.14. The van der Waals surface area contributed by atoms with E-state index in [0.717, 1.165) is 6.42 Å². The molecule has 3 heteroatoms. The zero-order valence-electron chi connectivity index (χ0n) is 8.42. The van der Waals surface area contributed by atoms with Crippen LogP contribution in [0.15, 0.2) is 0 Å². The molecule has 2 heterocycles. The first-order chi connectivity index (χ1) is 6.18. The molecule has 0 aromatic heterocycles. The smallest absolute Gasteiger partial charge is 0.115 e. The minimum atomic E-state index is -0.641. The molecule has 2 rings (SSSR count). The van der Waals surface area contributed by atoms with Crippen molar-refractivity contribution in [1.82, 2.24) is 4.90 Å². The molecule has 0 N–H and O–H groups in total. The van der Waals surface area contributed by atoms with Gasteiger partial charge in [0.05, 0.1) is 6.61 Å². The van der Waals surface area contributed by atoms with E-state index in [-0.39, 0.29) is 5.54 Å². The Hall–Kier alpha value is -0.150. The van der Waals surface area contributed by atoms with Gasteiger partial charge in [0, 0.05) is 31.7 Å². The molecule has 76 valence electrons. The largest absolute Gasteiger partial charge is 0.383 e. The molecule has 13 heavy (non-hydrogen) atoms. The number of nitrogens with zero attached hydrogens (tertiary/aromatic N) is 1. The van der Waals surface area contributed by atoms with E-state index in [1.165, 1.54) is 6.42 Å². The van der Waals surface area contributed by atoms with E-state index in [0.29, 0.717) is 25.6 Å². The lowest BCUT2D eigenvalue weighted by atomic mass is 9.95. The third-order valence-electron chi connectivity index (χ3n) is 3.58. The monoisotopic (exact) mass is 187 g/mol. The van der Waals surface area contributed by atoms with Crippen molar-refractivity contribution in [2.75, 3.05) is 20.3 Å². The van der Waals surface area contributed by atoms with E-state index >= 15 is 0 Å². The predicted octanol–water partition coefficient (Wildman–Crippen LogP) is 1.60. The molecule has 0 radical (unpaired) electrons. The van der Waals surface area contributed by atoms with Crippen molar-refractivity contribution in [3.63, 3.8) is 0 Å². The summed E-state index contributed by atoms with van der Waals surface area (Å²) in [5.41, 5.74) is 0.0353. The maximum atomic E-state index is 13.3. The van der Waals surface area contributed by atoms with Crippen LogP contribution in [-0.2, 0) is 4.74 Å². The molecule has 2 fully saturated rings. The van der Waals surface area contributed by atoms with E-state index in [1.54, 1.807) is 7.11 Å². The summed E-state index contributed by atoms with van der Waals surface area (Å²) in [5.74, 6) is 0. The fourth-order valence-corrected chi connectivity index (χ4v) is 3.01. The summed E-state index contributed by atoms with van der Waals surface area (Å²) in [6.07, 6.45) is 2.32. The van der Waals surface area contributed by atoms with E-state index in [2.05, 4.69) is 11.8 Å². The van der Waals surface area contributed by atoms with Gasteiger partial charge in [-0.2, -0.15) is 0 Å². The van der Waals surface area contributed by atoms with Gasteiger partial charge < -0.3 is 4.74 Å². The number of fused-ring (bicyclic) bond motifs is 1. The topological polar surface area (TPSA) is 12.5 Å². The highest BCUT2D eigenvalue weighted by Crippen LogP contribution is 2.43. The molecule has 3 atom stereocenters. The van der Waals surface area contributed by atoms with Crippen molar-refractivity contribution in [3.8, 4) is 0 Å². The number of alkyl halides is 1. The van der Waals surface area contributed by atoms with Crippen LogP contribution in [0, 0.1) is 0 Å². The van der Waals surface area contributed by atoms with Crippen LogP contribution >= 0.6 is 0 Å². The quantitative estimate of drug-likeness (QED) is 0.651. The van der Waals surface area contributed by atoms with Crippen molar-refractivity contribution in [3.05, 3.63) is 0 Å². The highest BCUT2D eigenvalue weighted by Gasteiger charge is 2.51. The molecule has 0 aromatic rings. The normalized spacial score (nSPS) is 45.5. The zero-order chi connectivity index (χ0) is 9.47. The second-order valence-electron chi connectivity index (χ2n) is 4.50. The lowest BCUT2D eigenvalue weighted by Crippen LogP contribution is -2.44. The molecule has 0 amide bonds. The fraction of sp³-hybridized carbons (Fsp3) is 1.00. The molecule has 2 aliphatic heterocycles. The Morgan fingerprint density at radius 1 is 1.62 bits per heavy atom. The van der Waals surface area contributed by atoms with E-state index in [9.17, 15) is 4.39 Å². The number of halogens is 1. The maximum absolute atomic E-state index is 13.3. The number of rotatable bonds is 2. The summed E-state index contributed by atoms with van der Waals surface area (Å²) < 4.78 is 18.5. The van der Waals surface area contributed by atoms with Gasteiger partial charge in [0.25, 0.3) is 0 Å². The predicted molar refractivity (Wildman–Crippen MR) is 49.5 cm³/mol. The fourth-order valence-electron chi connectivity index (χ4n) is 3.01. The molecule has 2 saturated heterocycles. The number of hydrogen-bond donors (Lipinski definition) is 0. The van der Waals surface area contributed by atoms with Crippen LogP contribution in [0.5, 0.6) is 0 Å². The van der Waals surface area contributed by atoms with Gasteiger partial charge in [-0.25, -0.2) is 4.39 Å². The maximum Gasteiger partial charge on any atom is 0.115 e. The highest BCUT2D eigenvalue weighted by molar-refractivity contribution is 5.06.